The van der Waals surface area contributed by atoms with Crippen LogP contribution in [-0.4, -0.2) is 34.9 Å². The Balaban J connectivity index is 1.77. The minimum Gasteiger partial charge on any atom is -0.497 e. The lowest BCUT2D eigenvalue weighted by Crippen LogP contribution is -2.30. The third-order valence-electron chi connectivity index (χ3n) is 4.08. The van der Waals surface area contributed by atoms with Crippen molar-refractivity contribution in [3.05, 3.63) is 46.0 Å². The molecule has 3 rings (SSSR count). The maximum Gasteiger partial charge on any atom is 0.240 e. The van der Waals surface area contributed by atoms with Gasteiger partial charge in [-0.05, 0) is 48.8 Å². The van der Waals surface area contributed by atoms with Crippen molar-refractivity contribution in [2.24, 2.45) is 0 Å². The third kappa shape index (κ3) is 4.20. The summed E-state index contributed by atoms with van der Waals surface area (Å²) in [5.74, 6) is 1.85. The van der Waals surface area contributed by atoms with Gasteiger partial charge >= 0.3 is 0 Å². The Kier molecular flexibility index (Phi) is 5.92. The average molecular weight is 405 g/mol. The SMILES string of the molecule is COc1ccc(OC)c(C(C)NC(=O)Cn2c(-c3cccs3)n[nH]c2=S)c1. The van der Waals surface area contributed by atoms with Gasteiger partial charge in [-0.15, -0.1) is 11.3 Å². The molecule has 0 bridgehead atoms. The van der Waals surface area contributed by atoms with E-state index in [1.54, 1.807) is 18.8 Å². The smallest absolute Gasteiger partial charge is 0.240 e. The fourth-order valence-electron chi connectivity index (χ4n) is 2.74. The molecule has 0 spiro atoms. The van der Waals surface area contributed by atoms with Gasteiger partial charge in [-0.25, -0.2) is 0 Å². The predicted molar refractivity (Wildman–Crippen MR) is 107 cm³/mol. The highest BCUT2D eigenvalue weighted by molar-refractivity contribution is 7.71. The van der Waals surface area contributed by atoms with Gasteiger partial charge in [0, 0.05) is 5.56 Å². The number of thiophene rings is 1. The summed E-state index contributed by atoms with van der Waals surface area (Å²) in [6.45, 7) is 1.96. The van der Waals surface area contributed by atoms with Crippen LogP contribution >= 0.6 is 23.6 Å². The number of carbonyl (C=O) groups is 1. The first-order chi connectivity index (χ1) is 13.0. The van der Waals surface area contributed by atoms with Gasteiger partial charge < -0.3 is 14.8 Å². The van der Waals surface area contributed by atoms with Gasteiger partial charge in [0.25, 0.3) is 0 Å². The van der Waals surface area contributed by atoms with E-state index in [1.165, 1.54) is 11.3 Å². The van der Waals surface area contributed by atoms with Crippen molar-refractivity contribution >= 4 is 29.5 Å². The van der Waals surface area contributed by atoms with Crippen molar-refractivity contribution in [1.82, 2.24) is 20.1 Å². The van der Waals surface area contributed by atoms with Crippen molar-refractivity contribution in [1.29, 1.82) is 0 Å². The molecule has 0 radical (unpaired) electrons. The van der Waals surface area contributed by atoms with Crippen LogP contribution in [0.15, 0.2) is 35.7 Å². The van der Waals surface area contributed by atoms with E-state index in [-0.39, 0.29) is 18.5 Å². The molecule has 2 heterocycles. The van der Waals surface area contributed by atoms with Crippen LogP contribution in [0.25, 0.3) is 10.7 Å². The fourth-order valence-corrected chi connectivity index (χ4v) is 3.66. The maximum atomic E-state index is 12.6. The van der Waals surface area contributed by atoms with E-state index in [0.29, 0.717) is 22.1 Å². The highest BCUT2D eigenvalue weighted by Gasteiger charge is 2.18. The molecule has 0 saturated heterocycles. The average Bonchev–Trinajstić information content (AvgIpc) is 3.31. The molecule has 0 aliphatic heterocycles. The number of carbonyl (C=O) groups excluding carboxylic acids is 1. The van der Waals surface area contributed by atoms with E-state index in [1.807, 2.05) is 42.6 Å². The van der Waals surface area contributed by atoms with Gasteiger partial charge in [-0.3, -0.25) is 14.5 Å². The van der Waals surface area contributed by atoms with Crippen LogP contribution in [0.1, 0.15) is 18.5 Å². The molecule has 9 heteroatoms. The van der Waals surface area contributed by atoms with Crippen LogP contribution in [-0.2, 0) is 11.3 Å². The second-order valence-electron chi connectivity index (χ2n) is 5.81. The monoisotopic (exact) mass is 404 g/mol. The lowest BCUT2D eigenvalue weighted by molar-refractivity contribution is -0.122. The van der Waals surface area contributed by atoms with E-state index >= 15 is 0 Å². The number of nitrogens with zero attached hydrogens (tertiary/aromatic N) is 2. The number of aromatic amines is 1. The van der Waals surface area contributed by atoms with Crippen LogP contribution in [0.5, 0.6) is 11.5 Å². The summed E-state index contributed by atoms with van der Waals surface area (Å²) in [7, 11) is 3.19. The summed E-state index contributed by atoms with van der Waals surface area (Å²) >= 11 is 6.82. The number of aromatic nitrogens is 3. The van der Waals surface area contributed by atoms with Gasteiger partial charge in [0.05, 0.1) is 25.1 Å². The van der Waals surface area contributed by atoms with Crippen molar-refractivity contribution in [2.75, 3.05) is 14.2 Å². The molecular weight excluding hydrogens is 384 g/mol. The summed E-state index contributed by atoms with van der Waals surface area (Å²) in [6.07, 6.45) is 0. The van der Waals surface area contributed by atoms with Crippen molar-refractivity contribution < 1.29 is 14.3 Å². The number of nitrogens with one attached hydrogen (secondary N) is 2. The molecule has 27 heavy (non-hydrogen) atoms. The molecule has 2 aromatic heterocycles. The first kappa shape index (κ1) is 19.1. The summed E-state index contributed by atoms with van der Waals surface area (Å²) in [5.41, 5.74) is 0.833. The fraction of sp³-hybridized carbons (Fsp3) is 0.278. The van der Waals surface area contributed by atoms with Crippen LogP contribution in [0.3, 0.4) is 0 Å². The standard InChI is InChI=1S/C18H20N4O3S2/c1-11(13-9-12(24-2)6-7-14(13)25-3)19-16(23)10-22-17(20-21-18(22)26)15-5-4-8-27-15/h4-9,11H,10H2,1-3H3,(H,19,23)(H,21,26). The van der Waals surface area contributed by atoms with Crippen LogP contribution in [0.2, 0.25) is 0 Å². The third-order valence-corrected chi connectivity index (χ3v) is 5.26. The maximum absolute atomic E-state index is 12.6. The van der Waals surface area contributed by atoms with E-state index in [2.05, 4.69) is 15.5 Å². The van der Waals surface area contributed by atoms with Gasteiger partial charge in [-0.2, -0.15) is 5.10 Å². The van der Waals surface area contributed by atoms with Crippen LogP contribution < -0.4 is 14.8 Å². The molecule has 1 unspecified atom stereocenters. The van der Waals surface area contributed by atoms with Gasteiger partial charge in [0.15, 0.2) is 10.6 Å². The first-order valence-electron chi connectivity index (χ1n) is 8.24. The van der Waals surface area contributed by atoms with Crippen LogP contribution in [0, 0.1) is 4.77 Å². The van der Waals surface area contributed by atoms with E-state index in [0.717, 1.165) is 10.4 Å². The zero-order valence-corrected chi connectivity index (χ0v) is 16.8. The molecule has 0 aliphatic carbocycles. The molecule has 0 saturated carbocycles. The topological polar surface area (TPSA) is 81.2 Å². The number of rotatable bonds is 7. The number of H-pyrrole nitrogens is 1. The largest absolute Gasteiger partial charge is 0.497 e. The van der Waals surface area contributed by atoms with Gasteiger partial charge in [0.2, 0.25) is 5.91 Å². The molecule has 142 valence electrons. The Labute approximate surface area is 165 Å². The van der Waals surface area contributed by atoms with Gasteiger partial charge in [0.1, 0.15) is 18.0 Å². The summed E-state index contributed by atoms with van der Waals surface area (Å²) in [5, 5.41) is 11.9. The van der Waals surface area contributed by atoms with Crippen molar-refractivity contribution in [2.45, 2.75) is 19.5 Å². The Morgan fingerprint density at radius 3 is 2.85 bits per heavy atom. The zero-order valence-electron chi connectivity index (χ0n) is 15.2. The molecule has 0 aliphatic rings. The molecule has 3 aromatic rings. The predicted octanol–water partition coefficient (Wildman–Crippen LogP) is 3.56. The second kappa shape index (κ2) is 8.36. The van der Waals surface area contributed by atoms with E-state index in [9.17, 15) is 4.79 Å². The molecule has 1 amide bonds. The molecule has 7 nitrogen and oxygen atoms in total. The number of amides is 1. The summed E-state index contributed by atoms with van der Waals surface area (Å²) in [4.78, 5) is 13.6. The Hall–Kier alpha value is -2.65. The molecule has 2 N–H and O–H groups in total. The normalized spacial score (nSPS) is 11.8. The summed E-state index contributed by atoms with van der Waals surface area (Å²) in [6, 6.07) is 9.08. The number of hydrogen-bond donors (Lipinski definition) is 2. The highest BCUT2D eigenvalue weighted by atomic mass is 32.1. The second-order valence-corrected chi connectivity index (χ2v) is 7.15. The molecular formula is C18H20N4O3S2. The minimum atomic E-state index is -0.270. The summed E-state index contributed by atoms with van der Waals surface area (Å²) < 4.78 is 12.8. The lowest BCUT2D eigenvalue weighted by Gasteiger charge is -2.18. The lowest BCUT2D eigenvalue weighted by atomic mass is 10.1. The molecule has 0 fully saturated rings. The number of methoxy groups -OCH3 is 2. The van der Waals surface area contributed by atoms with Crippen LogP contribution in [0.4, 0.5) is 0 Å². The number of ether oxygens (including phenoxy) is 2. The highest BCUT2D eigenvalue weighted by Crippen LogP contribution is 2.29. The molecule has 1 aromatic carbocycles. The Morgan fingerprint density at radius 2 is 2.19 bits per heavy atom. The van der Waals surface area contributed by atoms with Crippen molar-refractivity contribution in [3.8, 4) is 22.2 Å². The zero-order chi connectivity index (χ0) is 19.4. The number of hydrogen-bond acceptors (Lipinski definition) is 6. The van der Waals surface area contributed by atoms with E-state index < -0.39 is 0 Å². The first-order valence-corrected chi connectivity index (χ1v) is 9.52. The number of benzene rings is 1. The molecule has 1 atom stereocenters. The Bertz CT molecular complexity index is 979. The quantitative estimate of drug-likeness (QED) is 0.589. The van der Waals surface area contributed by atoms with E-state index in [4.69, 9.17) is 21.7 Å². The minimum absolute atomic E-state index is 0.0686. The Morgan fingerprint density at radius 1 is 1.37 bits per heavy atom. The van der Waals surface area contributed by atoms with Gasteiger partial charge in [-0.1, -0.05) is 6.07 Å². The van der Waals surface area contributed by atoms with Crippen molar-refractivity contribution in [3.63, 3.8) is 0 Å².